The van der Waals surface area contributed by atoms with Crippen molar-refractivity contribution in [3.8, 4) is 0 Å². The Bertz CT molecular complexity index is 704. The van der Waals surface area contributed by atoms with Gasteiger partial charge >= 0.3 is 0 Å². The number of hydrogen-bond donors (Lipinski definition) is 2. The second-order valence-electron chi connectivity index (χ2n) is 5.58. The highest BCUT2D eigenvalue weighted by atomic mass is 127. The Morgan fingerprint density at radius 1 is 1.12 bits per heavy atom. The van der Waals surface area contributed by atoms with E-state index in [1.165, 1.54) is 5.56 Å². The van der Waals surface area contributed by atoms with E-state index in [2.05, 4.69) is 27.3 Å². The number of aliphatic imine (C=N–C) groups is 1. The maximum atomic E-state index is 11.3. The molecule has 0 heterocycles. The summed E-state index contributed by atoms with van der Waals surface area (Å²) in [5.74, 6) is 0.403. The van der Waals surface area contributed by atoms with E-state index < -0.39 is 5.91 Å². The molecular weight excluding hydrogens is 427 g/mol. The van der Waals surface area contributed by atoms with E-state index in [0.29, 0.717) is 12.1 Å². The summed E-state index contributed by atoms with van der Waals surface area (Å²) in [4.78, 5) is 18.0. The molecule has 0 spiro atoms. The topological polar surface area (TPSA) is 70.7 Å². The Labute approximate surface area is 166 Å². The molecular formula is C19H25IN4O. The Kier molecular flexibility index (Phi) is 8.98. The maximum Gasteiger partial charge on any atom is 0.248 e. The lowest BCUT2D eigenvalue weighted by atomic mass is 10.1. The van der Waals surface area contributed by atoms with Crippen molar-refractivity contribution in [2.24, 2.45) is 10.7 Å². The summed E-state index contributed by atoms with van der Waals surface area (Å²) in [5.41, 5.74) is 8.01. The summed E-state index contributed by atoms with van der Waals surface area (Å²) in [5, 5.41) is 3.29. The monoisotopic (exact) mass is 452 g/mol. The zero-order valence-corrected chi connectivity index (χ0v) is 16.9. The number of amides is 1. The van der Waals surface area contributed by atoms with Gasteiger partial charge in [0, 0.05) is 25.7 Å². The van der Waals surface area contributed by atoms with E-state index in [0.717, 1.165) is 24.6 Å². The number of halogens is 1. The predicted octanol–water partition coefficient (Wildman–Crippen LogP) is 3.00. The molecule has 0 saturated heterocycles. The molecule has 3 N–H and O–H groups in total. The van der Waals surface area contributed by atoms with Crippen molar-refractivity contribution in [2.45, 2.75) is 20.0 Å². The normalized spacial score (nSPS) is 10.7. The van der Waals surface area contributed by atoms with Crippen LogP contribution in [0.2, 0.25) is 0 Å². The summed E-state index contributed by atoms with van der Waals surface area (Å²) in [7, 11) is 2.01. The van der Waals surface area contributed by atoms with Gasteiger partial charge in [-0.2, -0.15) is 0 Å². The molecule has 6 heteroatoms. The fourth-order valence-electron chi connectivity index (χ4n) is 2.39. The van der Waals surface area contributed by atoms with E-state index in [1.807, 2.05) is 44.3 Å². The van der Waals surface area contributed by atoms with Crippen LogP contribution in [-0.4, -0.2) is 30.4 Å². The number of benzene rings is 2. The molecule has 5 nitrogen and oxygen atoms in total. The van der Waals surface area contributed by atoms with Crippen LogP contribution in [0.5, 0.6) is 0 Å². The van der Waals surface area contributed by atoms with Crippen LogP contribution >= 0.6 is 24.0 Å². The van der Waals surface area contributed by atoms with E-state index >= 15 is 0 Å². The summed E-state index contributed by atoms with van der Waals surface area (Å²) in [6.45, 7) is 4.09. The molecule has 1 amide bonds. The van der Waals surface area contributed by atoms with Gasteiger partial charge < -0.3 is 16.0 Å². The van der Waals surface area contributed by atoms with Crippen LogP contribution in [-0.2, 0) is 13.1 Å². The highest BCUT2D eigenvalue weighted by Gasteiger charge is 2.07. The predicted molar refractivity (Wildman–Crippen MR) is 113 cm³/mol. The first-order valence-corrected chi connectivity index (χ1v) is 8.02. The minimum absolute atomic E-state index is 0. The number of primary amides is 1. The molecule has 0 aliphatic rings. The zero-order valence-electron chi connectivity index (χ0n) is 14.6. The molecule has 0 aliphatic heterocycles. The van der Waals surface area contributed by atoms with Crippen LogP contribution in [0.1, 0.15) is 28.4 Å². The molecule has 0 aliphatic carbocycles. The van der Waals surface area contributed by atoms with Gasteiger partial charge in [0.25, 0.3) is 0 Å². The summed E-state index contributed by atoms with van der Waals surface area (Å²) in [6.07, 6.45) is 0. The number of carbonyl (C=O) groups is 1. The third-order valence-corrected chi connectivity index (χ3v) is 3.58. The van der Waals surface area contributed by atoms with Gasteiger partial charge in [0.1, 0.15) is 0 Å². The van der Waals surface area contributed by atoms with Gasteiger partial charge in [-0.3, -0.25) is 4.79 Å². The van der Waals surface area contributed by atoms with Crippen molar-refractivity contribution >= 4 is 35.8 Å². The van der Waals surface area contributed by atoms with Crippen molar-refractivity contribution in [3.63, 3.8) is 0 Å². The number of carbonyl (C=O) groups excluding carboxylic acids is 1. The molecule has 134 valence electrons. The molecule has 0 fully saturated rings. The minimum Gasteiger partial charge on any atom is -0.366 e. The fraction of sp³-hybridized carbons (Fsp3) is 0.263. The number of hydrogen-bond acceptors (Lipinski definition) is 2. The van der Waals surface area contributed by atoms with Gasteiger partial charge in [-0.05, 0) is 30.2 Å². The van der Waals surface area contributed by atoms with Crippen molar-refractivity contribution in [1.29, 1.82) is 0 Å². The van der Waals surface area contributed by atoms with Crippen LogP contribution < -0.4 is 11.1 Å². The summed E-state index contributed by atoms with van der Waals surface area (Å²) in [6, 6.07) is 17.5. The van der Waals surface area contributed by atoms with Crippen LogP contribution in [0.15, 0.2) is 59.6 Å². The van der Waals surface area contributed by atoms with Gasteiger partial charge in [0.05, 0.1) is 6.54 Å². The molecule has 0 aromatic heterocycles. The number of rotatable bonds is 6. The Morgan fingerprint density at radius 2 is 1.80 bits per heavy atom. The lowest BCUT2D eigenvalue weighted by Crippen LogP contribution is -2.38. The minimum atomic E-state index is -0.422. The second-order valence-corrected chi connectivity index (χ2v) is 5.58. The van der Waals surface area contributed by atoms with Crippen molar-refractivity contribution in [3.05, 3.63) is 71.3 Å². The quantitative estimate of drug-likeness (QED) is 0.402. The molecule has 2 rings (SSSR count). The first kappa shape index (κ1) is 21.0. The first-order valence-electron chi connectivity index (χ1n) is 8.02. The molecule has 0 unspecified atom stereocenters. The van der Waals surface area contributed by atoms with Crippen molar-refractivity contribution in [2.75, 3.05) is 13.6 Å². The highest BCUT2D eigenvalue weighted by molar-refractivity contribution is 14.0. The lowest BCUT2D eigenvalue weighted by Gasteiger charge is -2.22. The first-order chi connectivity index (χ1) is 11.6. The third kappa shape index (κ3) is 6.74. The highest BCUT2D eigenvalue weighted by Crippen LogP contribution is 2.07. The van der Waals surface area contributed by atoms with Gasteiger partial charge in [0.2, 0.25) is 5.91 Å². The van der Waals surface area contributed by atoms with Gasteiger partial charge in [-0.1, -0.05) is 42.5 Å². The Balaban J connectivity index is 0.00000312. The molecule has 0 saturated carbocycles. The van der Waals surface area contributed by atoms with E-state index in [9.17, 15) is 4.79 Å². The average Bonchev–Trinajstić information content (AvgIpc) is 2.59. The number of nitrogens with zero attached hydrogens (tertiary/aromatic N) is 2. The Morgan fingerprint density at radius 3 is 2.44 bits per heavy atom. The lowest BCUT2D eigenvalue weighted by molar-refractivity contribution is 0.1000. The average molecular weight is 452 g/mol. The van der Waals surface area contributed by atoms with Gasteiger partial charge in [-0.15, -0.1) is 24.0 Å². The molecule has 25 heavy (non-hydrogen) atoms. The van der Waals surface area contributed by atoms with E-state index in [4.69, 9.17) is 5.73 Å². The zero-order chi connectivity index (χ0) is 17.4. The van der Waals surface area contributed by atoms with Crippen molar-refractivity contribution < 1.29 is 4.79 Å². The summed E-state index contributed by atoms with van der Waals surface area (Å²) < 4.78 is 0. The number of guanidine groups is 1. The molecule has 0 bridgehead atoms. The summed E-state index contributed by atoms with van der Waals surface area (Å²) >= 11 is 0. The van der Waals surface area contributed by atoms with Gasteiger partial charge in [0.15, 0.2) is 5.96 Å². The number of nitrogens with one attached hydrogen (secondary N) is 1. The van der Waals surface area contributed by atoms with Crippen LogP contribution in [0.4, 0.5) is 0 Å². The third-order valence-electron chi connectivity index (χ3n) is 3.58. The molecule has 2 aromatic carbocycles. The standard InChI is InChI=1S/C19H24N4O.HI/c1-3-21-19(23(2)14-15-8-5-4-6-9-15)22-13-16-10-7-11-17(12-16)18(20)24;/h4-12H,3,13-14H2,1-2H3,(H2,20,24)(H,21,22);1H. The maximum absolute atomic E-state index is 11.3. The number of nitrogens with two attached hydrogens (primary N) is 1. The Hall–Kier alpha value is -2.09. The smallest absolute Gasteiger partial charge is 0.248 e. The van der Waals surface area contributed by atoms with Crippen molar-refractivity contribution in [1.82, 2.24) is 10.2 Å². The van der Waals surface area contributed by atoms with Crippen LogP contribution in [0, 0.1) is 0 Å². The SMILES string of the molecule is CCNC(=NCc1cccc(C(N)=O)c1)N(C)Cc1ccccc1.I. The fourth-order valence-corrected chi connectivity index (χ4v) is 2.39. The molecule has 0 radical (unpaired) electrons. The second kappa shape index (κ2) is 10.7. The van der Waals surface area contributed by atoms with E-state index in [-0.39, 0.29) is 24.0 Å². The molecule has 0 atom stereocenters. The van der Waals surface area contributed by atoms with E-state index in [1.54, 1.807) is 12.1 Å². The largest absolute Gasteiger partial charge is 0.366 e. The molecule has 2 aromatic rings. The van der Waals surface area contributed by atoms with Crippen LogP contribution in [0.3, 0.4) is 0 Å². The van der Waals surface area contributed by atoms with Gasteiger partial charge in [-0.25, -0.2) is 4.99 Å². The van der Waals surface area contributed by atoms with Crippen LogP contribution in [0.25, 0.3) is 0 Å².